The van der Waals surface area contributed by atoms with Crippen molar-refractivity contribution in [3.63, 3.8) is 0 Å². The van der Waals surface area contributed by atoms with Gasteiger partial charge < -0.3 is 4.42 Å². The number of allylic oxidation sites excluding steroid dienone is 1. The minimum absolute atomic E-state index is 0.920. The first-order valence-electron chi connectivity index (χ1n) is 9.78. The molecular formula is C25H25ClO. The molecule has 0 amide bonds. The Hall–Kier alpha value is -2.25. The van der Waals surface area contributed by atoms with Gasteiger partial charge in [0, 0.05) is 5.02 Å². The van der Waals surface area contributed by atoms with E-state index in [0.717, 1.165) is 17.9 Å². The summed E-state index contributed by atoms with van der Waals surface area (Å²) >= 11 is 6.38. The minimum Gasteiger partial charge on any atom is -0.472 e. The third kappa shape index (κ3) is 3.61. The summed E-state index contributed by atoms with van der Waals surface area (Å²) in [6.45, 7) is 4.25. The highest BCUT2D eigenvalue weighted by atomic mass is 35.5. The van der Waals surface area contributed by atoms with Crippen molar-refractivity contribution in [2.75, 3.05) is 0 Å². The van der Waals surface area contributed by atoms with Gasteiger partial charge in [0.15, 0.2) is 0 Å². The highest BCUT2D eigenvalue weighted by Crippen LogP contribution is 2.41. The fourth-order valence-electron chi connectivity index (χ4n) is 4.18. The van der Waals surface area contributed by atoms with Crippen LogP contribution in [-0.4, -0.2) is 0 Å². The number of benzene rings is 2. The second-order valence-electron chi connectivity index (χ2n) is 7.38. The van der Waals surface area contributed by atoms with Gasteiger partial charge in [-0.25, -0.2) is 0 Å². The Morgan fingerprint density at radius 2 is 1.67 bits per heavy atom. The van der Waals surface area contributed by atoms with Gasteiger partial charge in [-0.1, -0.05) is 54.4 Å². The van der Waals surface area contributed by atoms with Gasteiger partial charge in [0.05, 0.1) is 12.5 Å². The van der Waals surface area contributed by atoms with Gasteiger partial charge in [-0.15, -0.1) is 0 Å². The van der Waals surface area contributed by atoms with Crippen molar-refractivity contribution in [1.82, 2.24) is 0 Å². The Morgan fingerprint density at radius 3 is 2.37 bits per heavy atom. The predicted molar refractivity (Wildman–Crippen MR) is 114 cm³/mol. The van der Waals surface area contributed by atoms with E-state index in [1.807, 2.05) is 19.1 Å². The first-order chi connectivity index (χ1) is 13.2. The smallest absolute Gasteiger partial charge is 0.0931 e. The predicted octanol–water partition coefficient (Wildman–Crippen LogP) is 7.43. The molecule has 138 valence electrons. The first kappa shape index (κ1) is 18.1. The summed E-state index contributed by atoms with van der Waals surface area (Å²) in [5, 5.41) is 0.920. The van der Waals surface area contributed by atoms with E-state index in [2.05, 4.69) is 37.3 Å². The molecule has 0 unspecified atom stereocenters. The van der Waals surface area contributed by atoms with Crippen molar-refractivity contribution in [1.29, 1.82) is 0 Å². The molecule has 0 spiro atoms. The van der Waals surface area contributed by atoms with Gasteiger partial charge in [0.2, 0.25) is 0 Å². The summed E-state index contributed by atoms with van der Waals surface area (Å²) < 4.78 is 4.71. The Bertz CT molecular complexity index is 980. The summed E-state index contributed by atoms with van der Waals surface area (Å²) in [7, 11) is 0. The van der Waals surface area contributed by atoms with E-state index in [-0.39, 0.29) is 0 Å². The van der Waals surface area contributed by atoms with Gasteiger partial charge in [0.25, 0.3) is 0 Å². The molecule has 0 N–H and O–H groups in total. The third-order valence-corrected chi connectivity index (χ3v) is 6.03. The van der Waals surface area contributed by atoms with E-state index in [4.69, 9.17) is 16.0 Å². The van der Waals surface area contributed by atoms with Crippen molar-refractivity contribution >= 4 is 17.7 Å². The number of rotatable bonds is 1. The van der Waals surface area contributed by atoms with Gasteiger partial charge in [-0.3, -0.25) is 0 Å². The number of hydrogen-bond acceptors (Lipinski definition) is 1. The lowest BCUT2D eigenvalue weighted by atomic mass is 9.78. The van der Waals surface area contributed by atoms with Crippen LogP contribution in [0.5, 0.6) is 0 Å². The number of furan rings is 1. The molecule has 5 rings (SSSR count). The fraction of sp³-hybridized carbons (Fsp3) is 0.280. The third-order valence-electron chi connectivity index (χ3n) is 5.67. The zero-order valence-electron chi connectivity index (χ0n) is 16.0. The van der Waals surface area contributed by atoms with E-state index in [0.29, 0.717) is 0 Å². The lowest BCUT2D eigenvalue weighted by molar-refractivity contribution is 0.565. The quantitative estimate of drug-likeness (QED) is 0.430. The van der Waals surface area contributed by atoms with Crippen LogP contribution in [0.2, 0.25) is 5.02 Å². The Morgan fingerprint density at radius 1 is 0.889 bits per heavy atom. The second-order valence-corrected chi connectivity index (χ2v) is 7.79. The molecule has 2 aromatic carbocycles. The second kappa shape index (κ2) is 7.78. The highest BCUT2D eigenvalue weighted by Gasteiger charge is 2.23. The molecule has 1 aromatic heterocycles. The first-order valence-corrected chi connectivity index (χ1v) is 10.2. The van der Waals surface area contributed by atoms with Crippen LogP contribution in [-0.2, 0) is 19.3 Å². The lowest BCUT2D eigenvalue weighted by Gasteiger charge is -2.27. The molecule has 1 heterocycles. The molecule has 0 radical (unpaired) electrons. The molecule has 0 saturated carbocycles. The van der Waals surface area contributed by atoms with Crippen LogP contribution in [0, 0.1) is 6.92 Å². The topological polar surface area (TPSA) is 13.1 Å². The number of fused-ring (bicyclic) bond motifs is 5. The van der Waals surface area contributed by atoms with E-state index in [1.165, 1.54) is 47.1 Å². The van der Waals surface area contributed by atoms with Crippen LogP contribution in [0.15, 0.2) is 58.9 Å². The van der Waals surface area contributed by atoms with Crippen LogP contribution < -0.4 is 0 Å². The highest BCUT2D eigenvalue weighted by molar-refractivity contribution is 6.31. The maximum atomic E-state index is 6.38. The molecule has 0 atom stereocenters. The largest absolute Gasteiger partial charge is 0.472 e. The molecule has 0 aliphatic heterocycles. The molecule has 0 saturated heterocycles. The van der Waals surface area contributed by atoms with Crippen LogP contribution in [0.3, 0.4) is 0 Å². The normalized spacial score (nSPS) is 14.3. The average Bonchev–Trinajstić information content (AvgIpc) is 3.18. The SMILES string of the molecule is CCC1=Cc2ccc3c(c2CC1)CCc1c(Cl)cccc1-3.Cc1ccoc1. The molecule has 27 heavy (non-hydrogen) atoms. The number of hydrogen-bond donors (Lipinski definition) is 0. The van der Waals surface area contributed by atoms with E-state index in [9.17, 15) is 0 Å². The molecule has 1 nitrogen and oxygen atoms in total. The van der Waals surface area contributed by atoms with Crippen LogP contribution in [0.4, 0.5) is 0 Å². The Kier molecular flexibility index (Phi) is 5.22. The fourth-order valence-corrected chi connectivity index (χ4v) is 4.45. The van der Waals surface area contributed by atoms with Crippen molar-refractivity contribution in [2.45, 2.75) is 46.0 Å². The summed E-state index contributed by atoms with van der Waals surface area (Å²) in [4.78, 5) is 0. The molecular weight excluding hydrogens is 352 g/mol. The number of halogens is 1. The minimum atomic E-state index is 0.920. The van der Waals surface area contributed by atoms with E-state index < -0.39 is 0 Å². The summed E-state index contributed by atoms with van der Waals surface area (Å²) in [5.74, 6) is 0. The lowest BCUT2D eigenvalue weighted by Crippen LogP contribution is -2.11. The molecule has 0 fully saturated rings. The average molecular weight is 377 g/mol. The monoisotopic (exact) mass is 376 g/mol. The molecule has 0 bridgehead atoms. The van der Waals surface area contributed by atoms with Crippen molar-refractivity contribution in [3.8, 4) is 11.1 Å². The van der Waals surface area contributed by atoms with Crippen LogP contribution >= 0.6 is 11.6 Å². The molecule has 2 heteroatoms. The zero-order valence-corrected chi connectivity index (χ0v) is 16.8. The Labute approximate surface area is 166 Å². The maximum Gasteiger partial charge on any atom is 0.0931 e. The number of aryl methyl sites for hydroxylation is 1. The van der Waals surface area contributed by atoms with Crippen molar-refractivity contribution in [2.24, 2.45) is 0 Å². The molecule has 3 aromatic rings. The van der Waals surface area contributed by atoms with Crippen LogP contribution in [0.1, 0.15) is 47.6 Å². The molecule has 2 aliphatic rings. The van der Waals surface area contributed by atoms with Gasteiger partial charge in [-0.2, -0.15) is 0 Å². The van der Waals surface area contributed by atoms with Crippen molar-refractivity contribution in [3.05, 3.63) is 87.3 Å². The Balaban J connectivity index is 0.000000257. The summed E-state index contributed by atoms with van der Waals surface area (Å²) in [6.07, 6.45) is 11.6. The molecule has 2 aliphatic carbocycles. The van der Waals surface area contributed by atoms with E-state index >= 15 is 0 Å². The van der Waals surface area contributed by atoms with Gasteiger partial charge in [0.1, 0.15) is 0 Å². The van der Waals surface area contributed by atoms with Crippen LogP contribution in [0.25, 0.3) is 17.2 Å². The summed E-state index contributed by atoms with van der Waals surface area (Å²) in [6, 6.07) is 12.8. The van der Waals surface area contributed by atoms with Crippen molar-refractivity contribution < 1.29 is 4.42 Å². The maximum absolute atomic E-state index is 6.38. The van der Waals surface area contributed by atoms with E-state index in [1.54, 1.807) is 29.2 Å². The zero-order chi connectivity index (χ0) is 18.8. The van der Waals surface area contributed by atoms with Gasteiger partial charge in [-0.05, 0) is 90.1 Å². The summed E-state index contributed by atoms with van der Waals surface area (Å²) in [5.41, 5.74) is 11.4. The standard InChI is InChI=1S/C20H19Cl.C5H6O/c1-2-13-6-8-15-14(12-13)7-9-18-16-4-3-5-20(21)19(16)11-10-17(15)18;1-5-2-3-6-4-5/h3-5,7,9,12H,2,6,8,10-11H2,1H3;2-4H,1H3. The van der Waals surface area contributed by atoms with Gasteiger partial charge >= 0.3 is 0 Å².